The summed E-state index contributed by atoms with van der Waals surface area (Å²) in [6.45, 7) is 5.29. The molecule has 1 saturated carbocycles. The van der Waals surface area contributed by atoms with E-state index in [4.69, 9.17) is 0 Å². The number of nitrogens with zero attached hydrogens (tertiary/aromatic N) is 2. The molecule has 0 atom stereocenters. The van der Waals surface area contributed by atoms with Gasteiger partial charge < -0.3 is 5.32 Å². The van der Waals surface area contributed by atoms with Crippen LogP contribution < -0.4 is 5.32 Å². The highest BCUT2D eigenvalue weighted by molar-refractivity contribution is 7.99. The molecule has 4 heteroatoms. The lowest BCUT2D eigenvalue weighted by Gasteiger charge is -2.05. The predicted molar refractivity (Wildman–Crippen MR) is 68.3 cm³/mol. The maximum Gasteiger partial charge on any atom is 0.138 e. The van der Waals surface area contributed by atoms with Crippen molar-refractivity contribution < 1.29 is 0 Å². The number of rotatable bonds is 6. The minimum absolute atomic E-state index is 0.639. The number of thioether (sulfide) groups is 1. The van der Waals surface area contributed by atoms with Crippen LogP contribution in [0.1, 0.15) is 38.1 Å². The largest absolute Gasteiger partial charge is 0.310 e. The fourth-order valence-corrected chi connectivity index (χ4v) is 1.97. The smallest absolute Gasteiger partial charge is 0.138 e. The van der Waals surface area contributed by atoms with E-state index in [0.717, 1.165) is 24.2 Å². The molecule has 0 aliphatic heterocycles. The van der Waals surface area contributed by atoms with Gasteiger partial charge in [0.15, 0.2) is 0 Å². The number of hydrogen-bond acceptors (Lipinski definition) is 4. The van der Waals surface area contributed by atoms with Crippen molar-refractivity contribution in [3.63, 3.8) is 0 Å². The van der Waals surface area contributed by atoms with Gasteiger partial charge in [-0.1, -0.05) is 13.8 Å². The van der Waals surface area contributed by atoms with Crippen molar-refractivity contribution in [2.75, 3.05) is 0 Å². The van der Waals surface area contributed by atoms with Gasteiger partial charge in [0.25, 0.3) is 0 Å². The lowest BCUT2D eigenvalue weighted by atomic mass is 10.3. The van der Waals surface area contributed by atoms with Crippen molar-refractivity contribution in [2.24, 2.45) is 0 Å². The van der Waals surface area contributed by atoms with Crippen LogP contribution in [0, 0.1) is 0 Å². The van der Waals surface area contributed by atoms with Gasteiger partial charge in [-0.3, -0.25) is 0 Å². The lowest BCUT2D eigenvalue weighted by Crippen LogP contribution is -2.15. The fourth-order valence-electron chi connectivity index (χ4n) is 1.34. The van der Waals surface area contributed by atoms with Gasteiger partial charge in [-0.25, -0.2) is 9.97 Å². The maximum absolute atomic E-state index is 4.38. The number of aromatic nitrogens is 2. The van der Waals surface area contributed by atoms with Gasteiger partial charge in [-0.15, -0.1) is 0 Å². The van der Waals surface area contributed by atoms with E-state index in [9.17, 15) is 0 Å². The molecule has 1 aromatic rings. The maximum atomic E-state index is 4.38. The Balaban J connectivity index is 1.78. The molecule has 1 heterocycles. The minimum atomic E-state index is 0.639. The summed E-state index contributed by atoms with van der Waals surface area (Å²) in [4.78, 5) is 8.75. The van der Waals surface area contributed by atoms with Crippen LogP contribution in [0.15, 0.2) is 12.4 Å². The van der Waals surface area contributed by atoms with Crippen molar-refractivity contribution in [3.8, 4) is 0 Å². The molecule has 88 valence electrons. The Morgan fingerprint density at radius 2 is 2.06 bits per heavy atom. The Kier molecular flexibility index (Phi) is 4.18. The fraction of sp³-hybridized carbons (Fsp3) is 0.667. The van der Waals surface area contributed by atoms with Crippen molar-refractivity contribution in [1.82, 2.24) is 15.3 Å². The summed E-state index contributed by atoms with van der Waals surface area (Å²) in [5.41, 5.74) is 1.19. The van der Waals surface area contributed by atoms with E-state index in [0.29, 0.717) is 5.25 Å². The zero-order chi connectivity index (χ0) is 11.4. The highest BCUT2D eigenvalue weighted by Crippen LogP contribution is 2.19. The Bertz CT molecular complexity index is 295. The molecule has 0 saturated heterocycles. The monoisotopic (exact) mass is 237 g/mol. The summed E-state index contributed by atoms with van der Waals surface area (Å²) in [6, 6.07) is 0.746. The van der Waals surface area contributed by atoms with Crippen molar-refractivity contribution in [1.29, 1.82) is 0 Å². The highest BCUT2D eigenvalue weighted by Gasteiger charge is 2.19. The first-order chi connectivity index (χ1) is 7.74. The third-order valence-corrected chi connectivity index (χ3v) is 3.57. The second kappa shape index (κ2) is 5.64. The third-order valence-electron chi connectivity index (χ3n) is 2.48. The molecule has 0 unspecified atom stereocenters. The quantitative estimate of drug-likeness (QED) is 0.824. The van der Waals surface area contributed by atoms with E-state index in [1.54, 1.807) is 0 Å². The Morgan fingerprint density at radius 3 is 2.62 bits per heavy atom. The van der Waals surface area contributed by atoms with Crippen LogP contribution in [0.4, 0.5) is 0 Å². The number of nitrogens with one attached hydrogen (secondary N) is 1. The molecule has 0 amide bonds. The summed E-state index contributed by atoms with van der Waals surface area (Å²) in [5.74, 6) is 1.85. The molecular formula is C12H19N3S. The molecule has 1 aliphatic carbocycles. The first kappa shape index (κ1) is 11.9. The van der Waals surface area contributed by atoms with E-state index in [1.165, 1.54) is 18.4 Å². The zero-order valence-corrected chi connectivity index (χ0v) is 10.8. The average molecular weight is 237 g/mol. The Labute approximate surface area is 101 Å². The Morgan fingerprint density at radius 1 is 1.38 bits per heavy atom. The average Bonchev–Trinajstić information content (AvgIpc) is 3.09. The van der Waals surface area contributed by atoms with Crippen LogP contribution >= 0.6 is 11.8 Å². The van der Waals surface area contributed by atoms with E-state index in [2.05, 4.69) is 29.1 Å². The molecule has 0 radical (unpaired) electrons. The van der Waals surface area contributed by atoms with E-state index in [1.807, 2.05) is 24.2 Å². The van der Waals surface area contributed by atoms with E-state index in [-0.39, 0.29) is 0 Å². The van der Waals surface area contributed by atoms with Crippen LogP contribution in [0.25, 0.3) is 0 Å². The van der Waals surface area contributed by atoms with Crippen LogP contribution in [-0.4, -0.2) is 21.3 Å². The SMILES string of the molecule is CC(C)SCc1ncc(CNC2CC2)cn1. The van der Waals surface area contributed by atoms with Gasteiger partial charge in [0.05, 0.1) is 5.75 Å². The van der Waals surface area contributed by atoms with E-state index < -0.39 is 0 Å². The molecule has 1 aliphatic rings. The second-order valence-electron chi connectivity index (χ2n) is 4.52. The molecule has 16 heavy (non-hydrogen) atoms. The van der Waals surface area contributed by atoms with E-state index >= 15 is 0 Å². The zero-order valence-electron chi connectivity index (χ0n) is 9.94. The van der Waals surface area contributed by atoms with Gasteiger partial charge >= 0.3 is 0 Å². The summed E-state index contributed by atoms with van der Waals surface area (Å²) in [6.07, 6.45) is 6.53. The molecular weight excluding hydrogens is 218 g/mol. The molecule has 0 spiro atoms. The Hall–Kier alpha value is -0.610. The first-order valence-corrected chi connectivity index (χ1v) is 6.93. The van der Waals surface area contributed by atoms with Crippen LogP contribution in [-0.2, 0) is 12.3 Å². The van der Waals surface area contributed by atoms with Crippen molar-refractivity contribution in [2.45, 2.75) is 50.3 Å². The second-order valence-corrected chi connectivity index (χ2v) is 6.09. The van der Waals surface area contributed by atoms with Crippen molar-refractivity contribution in [3.05, 3.63) is 23.8 Å². The normalized spacial score (nSPS) is 15.7. The molecule has 1 N–H and O–H groups in total. The van der Waals surface area contributed by atoms with Gasteiger partial charge in [0, 0.05) is 30.5 Å². The van der Waals surface area contributed by atoms with Crippen LogP contribution in [0.3, 0.4) is 0 Å². The third kappa shape index (κ3) is 4.10. The summed E-state index contributed by atoms with van der Waals surface area (Å²) < 4.78 is 0. The molecule has 3 nitrogen and oxygen atoms in total. The number of hydrogen-bond donors (Lipinski definition) is 1. The summed E-state index contributed by atoms with van der Waals surface area (Å²) >= 11 is 1.88. The van der Waals surface area contributed by atoms with Gasteiger partial charge in [-0.05, 0) is 18.1 Å². The molecule has 0 aromatic carbocycles. The molecule has 1 aromatic heterocycles. The van der Waals surface area contributed by atoms with Gasteiger partial charge in [-0.2, -0.15) is 11.8 Å². The van der Waals surface area contributed by atoms with Crippen LogP contribution in [0.5, 0.6) is 0 Å². The molecule has 2 rings (SSSR count). The van der Waals surface area contributed by atoms with Crippen LogP contribution in [0.2, 0.25) is 0 Å². The molecule has 1 fully saturated rings. The predicted octanol–water partition coefficient (Wildman–Crippen LogP) is 2.37. The minimum Gasteiger partial charge on any atom is -0.310 e. The summed E-state index contributed by atoms with van der Waals surface area (Å²) in [7, 11) is 0. The lowest BCUT2D eigenvalue weighted by molar-refractivity contribution is 0.682. The topological polar surface area (TPSA) is 37.8 Å². The summed E-state index contributed by atoms with van der Waals surface area (Å²) in [5, 5.41) is 4.10. The van der Waals surface area contributed by atoms with Crippen molar-refractivity contribution >= 4 is 11.8 Å². The molecule has 0 bridgehead atoms. The highest BCUT2D eigenvalue weighted by atomic mass is 32.2. The first-order valence-electron chi connectivity index (χ1n) is 5.89. The van der Waals surface area contributed by atoms with Gasteiger partial charge in [0.2, 0.25) is 0 Å². The van der Waals surface area contributed by atoms with Gasteiger partial charge in [0.1, 0.15) is 5.82 Å². The standard InChI is InChI=1S/C12H19N3S/c1-9(2)16-8-12-14-6-10(7-15-12)5-13-11-3-4-11/h6-7,9,11,13H,3-5,8H2,1-2H3.